The minimum atomic E-state index is -0.687. The Morgan fingerprint density at radius 1 is 1.47 bits per heavy atom. The van der Waals surface area contributed by atoms with Crippen LogP contribution < -0.4 is 0 Å². The van der Waals surface area contributed by atoms with Crippen molar-refractivity contribution in [2.24, 2.45) is 0 Å². The predicted molar refractivity (Wildman–Crippen MR) is 74.3 cm³/mol. The zero-order valence-electron chi connectivity index (χ0n) is 11.2. The van der Waals surface area contributed by atoms with Crippen molar-refractivity contribution in [3.8, 4) is 0 Å². The molecule has 0 spiro atoms. The monoisotopic (exact) mass is 286 g/mol. The fourth-order valence-corrected chi connectivity index (χ4v) is 3.36. The van der Waals surface area contributed by atoms with Crippen molar-refractivity contribution in [2.45, 2.75) is 37.9 Å². The third-order valence-electron chi connectivity index (χ3n) is 3.61. The molecule has 0 bridgehead atoms. The summed E-state index contributed by atoms with van der Waals surface area (Å²) in [6, 6.07) is 0. The number of aryl methyl sites for hydroxylation is 1. The van der Waals surface area contributed by atoms with Gasteiger partial charge in [0.15, 0.2) is 0 Å². The summed E-state index contributed by atoms with van der Waals surface area (Å²) in [5.41, 5.74) is 0.331. The van der Waals surface area contributed by atoms with Crippen molar-refractivity contribution in [1.82, 2.24) is 9.88 Å². The van der Waals surface area contributed by atoms with E-state index in [1.54, 1.807) is 11.3 Å². The van der Waals surface area contributed by atoms with E-state index in [1.165, 1.54) is 0 Å². The zero-order chi connectivity index (χ0) is 13.9. The lowest BCUT2D eigenvalue weighted by atomic mass is 9.88. The molecular formula is C13H22N2O3S. The van der Waals surface area contributed by atoms with Crippen LogP contribution in [0.3, 0.4) is 0 Å². The van der Waals surface area contributed by atoms with Gasteiger partial charge in [-0.3, -0.25) is 0 Å². The minimum Gasteiger partial charge on any atom is -0.394 e. The summed E-state index contributed by atoms with van der Waals surface area (Å²) in [5.74, 6) is 0. The first kappa shape index (κ1) is 14.9. The molecule has 2 rings (SSSR count). The van der Waals surface area contributed by atoms with Crippen LogP contribution >= 0.6 is 11.3 Å². The maximum Gasteiger partial charge on any atom is 0.0956 e. The number of rotatable bonds is 5. The molecule has 5 nitrogen and oxygen atoms in total. The molecule has 108 valence electrons. The molecule has 19 heavy (non-hydrogen) atoms. The maximum absolute atomic E-state index is 10.6. The highest BCUT2D eigenvalue weighted by Gasteiger charge is 2.33. The van der Waals surface area contributed by atoms with E-state index < -0.39 is 11.7 Å². The molecule has 3 N–H and O–H groups in total. The number of nitrogens with zero attached hydrogens (tertiary/aromatic N) is 2. The van der Waals surface area contributed by atoms with Crippen LogP contribution in [0.5, 0.6) is 0 Å². The molecule has 1 atom stereocenters. The predicted octanol–water partition coefficient (Wildman–Crippen LogP) is 0.174. The second-order valence-corrected chi connectivity index (χ2v) is 6.36. The first-order chi connectivity index (χ1) is 9.00. The molecule has 1 fully saturated rings. The lowest BCUT2D eigenvalue weighted by Gasteiger charge is -2.38. The average molecular weight is 286 g/mol. The SMILES string of the molecule is Cc1csc(CC2(O)CCN(C[C@H](O)CO)CC2)n1. The average Bonchev–Trinajstić information content (AvgIpc) is 2.77. The lowest BCUT2D eigenvalue weighted by Crippen LogP contribution is -2.48. The fraction of sp³-hybridized carbons (Fsp3) is 0.769. The van der Waals surface area contributed by atoms with E-state index in [1.807, 2.05) is 12.3 Å². The van der Waals surface area contributed by atoms with Crippen LogP contribution in [-0.2, 0) is 6.42 Å². The molecule has 0 aliphatic carbocycles. The van der Waals surface area contributed by atoms with Gasteiger partial charge in [0.05, 0.1) is 23.3 Å². The summed E-state index contributed by atoms with van der Waals surface area (Å²) in [6.07, 6.45) is 1.29. The highest BCUT2D eigenvalue weighted by atomic mass is 32.1. The highest BCUT2D eigenvalue weighted by molar-refractivity contribution is 7.09. The van der Waals surface area contributed by atoms with Gasteiger partial charge in [-0.05, 0) is 19.8 Å². The number of aliphatic hydroxyl groups is 3. The molecule has 1 aliphatic heterocycles. The first-order valence-electron chi connectivity index (χ1n) is 6.65. The number of hydrogen-bond acceptors (Lipinski definition) is 6. The number of hydrogen-bond donors (Lipinski definition) is 3. The Hall–Kier alpha value is -0.530. The third kappa shape index (κ3) is 4.22. The summed E-state index contributed by atoms with van der Waals surface area (Å²) in [5, 5.41) is 31.8. The van der Waals surface area contributed by atoms with E-state index in [4.69, 9.17) is 5.11 Å². The summed E-state index contributed by atoms with van der Waals surface area (Å²) in [6.45, 7) is 3.72. The minimum absolute atomic E-state index is 0.209. The van der Waals surface area contributed by atoms with E-state index >= 15 is 0 Å². The van der Waals surface area contributed by atoms with Crippen LogP contribution in [0.15, 0.2) is 5.38 Å². The smallest absolute Gasteiger partial charge is 0.0956 e. The molecule has 1 saturated heterocycles. The largest absolute Gasteiger partial charge is 0.394 e. The Balaban J connectivity index is 1.84. The second kappa shape index (κ2) is 6.28. The molecule has 1 aromatic rings. The van der Waals surface area contributed by atoms with Crippen molar-refractivity contribution in [3.05, 3.63) is 16.1 Å². The van der Waals surface area contributed by atoms with Crippen molar-refractivity contribution in [3.63, 3.8) is 0 Å². The number of thiazole rings is 1. The quantitative estimate of drug-likeness (QED) is 0.719. The lowest BCUT2D eigenvalue weighted by molar-refractivity contribution is -0.0335. The molecule has 6 heteroatoms. The van der Waals surface area contributed by atoms with Crippen LogP contribution in [0.1, 0.15) is 23.5 Å². The number of aliphatic hydroxyl groups excluding tert-OH is 2. The maximum atomic E-state index is 10.6. The van der Waals surface area contributed by atoms with E-state index in [0.717, 1.165) is 23.8 Å². The van der Waals surface area contributed by atoms with Gasteiger partial charge in [-0.2, -0.15) is 0 Å². The van der Waals surface area contributed by atoms with Gasteiger partial charge >= 0.3 is 0 Å². The molecule has 0 unspecified atom stereocenters. The normalized spacial score (nSPS) is 21.5. The van der Waals surface area contributed by atoms with Gasteiger partial charge in [-0.25, -0.2) is 4.98 Å². The molecule has 0 aromatic carbocycles. The Morgan fingerprint density at radius 2 is 2.16 bits per heavy atom. The summed E-state index contributed by atoms with van der Waals surface area (Å²) < 4.78 is 0. The Bertz CT molecular complexity index is 402. The summed E-state index contributed by atoms with van der Waals surface area (Å²) >= 11 is 1.60. The van der Waals surface area contributed by atoms with Gasteiger partial charge in [0.1, 0.15) is 0 Å². The molecule has 2 heterocycles. The van der Waals surface area contributed by atoms with Crippen LogP contribution in [0.25, 0.3) is 0 Å². The van der Waals surface area contributed by atoms with Crippen molar-refractivity contribution >= 4 is 11.3 Å². The van der Waals surface area contributed by atoms with Crippen molar-refractivity contribution in [1.29, 1.82) is 0 Å². The summed E-state index contributed by atoms with van der Waals surface area (Å²) in [4.78, 5) is 6.49. The summed E-state index contributed by atoms with van der Waals surface area (Å²) in [7, 11) is 0. The molecular weight excluding hydrogens is 264 g/mol. The van der Waals surface area contributed by atoms with Gasteiger partial charge in [-0.15, -0.1) is 11.3 Å². The van der Waals surface area contributed by atoms with Crippen molar-refractivity contribution < 1.29 is 15.3 Å². The zero-order valence-corrected chi connectivity index (χ0v) is 12.1. The van der Waals surface area contributed by atoms with Crippen LogP contribution in [0.2, 0.25) is 0 Å². The Kier molecular flexibility index (Phi) is 4.92. The molecule has 1 aromatic heterocycles. The number of β-amino-alcohol motifs (C(OH)–C–C–N with tert-alkyl or cyclic N) is 1. The van der Waals surface area contributed by atoms with E-state index in [2.05, 4.69) is 9.88 Å². The standard InChI is InChI=1S/C13H22N2O3S/c1-10-9-19-12(14-10)6-13(18)2-4-15(5-3-13)7-11(17)8-16/h9,11,16-18H,2-8H2,1H3/t11-/m0/s1. The highest BCUT2D eigenvalue weighted by Crippen LogP contribution is 2.27. The Labute approximate surface area is 117 Å². The molecule has 0 radical (unpaired) electrons. The van der Waals surface area contributed by atoms with Crippen LogP contribution in [0.4, 0.5) is 0 Å². The molecule has 0 saturated carbocycles. The van der Waals surface area contributed by atoms with Crippen molar-refractivity contribution in [2.75, 3.05) is 26.2 Å². The van der Waals surface area contributed by atoms with E-state index in [0.29, 0.717) is 25.8 Å². The van der Waals surface area contributed by atoms with Crippen LogP contribution in [-0.4, -0.2) is 63.1 Å². The van der Waals surface area contributed by atoms with Gasteiger partial charge in [0, 0.05) is 37.1 Å². The Morgan fingerprint density at radius 3 is 2.68 bits per heavy atom. The van der Waals surface area contributed by atoms with Crippen LogP contribution in [0, 0.1) is 6.92 Å². The third-order valence-corrected chi connectivity index (χ3v) is 4.58. The molecule has 1 aliphatic rings. The van der Waals surface area contributed by atoms with Gasteiger partial charge in [0.25, 0.3) is 0 Å². The van der Waals surface area contributed by atoms with E-state index in [9.17, 15) is 10.2 Å². The second-order valence-electron chi connectivity index (χ2n) is 5.42. The number of aromatic nitrogens is 1. The fourth-order valence-electron chi connectivity index (χ4n) is 2.45. The van der Waals surface area contributed by atoms with Gasteiger partial charge in [0.2, 0.25) is 0 Å². The first-order valence-corrected chi connectivity index (χ1v) is 7.53. The number of likely N-dealkylation sites (tertiary alicyclic amines) is 1. The number of piperidine rings is 1. The topological polar surface area (TPSA) is 76.8 Å². The van der Waals surface area contributed by atoms with Gasteiger partial charge in [-0.1, -0.05) is 0 Å². The van der Waals surface area contributed by atoms with Gasteiger partial charge < -0.3 is 20.2 Å². The van der Waals surface area contributed by atoms with E-state index in [-0.39, 0.29) is 6.61 Å². The molecule has 0 amide bonds.